The van der Waals surface area contributed by atoms with Gasteiger partial charge in [0.15, 0.2) is 0 Å². The van der Waals surface area contributed by atoms with Crippen LogP contribution in [0.1, 0.15) is 18.9 Å². The fraction of sp³-hybridized carbons (Fsp3) is 0.227. The molecule has 1 saturated heterocycles. The van der Waals surface area contributed by atoms with Crippen LogP contribution in [0.15, 0.2) is 60.3 Å². The van der Waals surface area contributed by atoms with Crippen molar-refractivity contribution in [3.8, 4) is 5.75 Å². The summed E-state index contributed by atoms with van der Waals surface area (Å²) in [5, 5.41) is 22.1. The molecule has 0 radical (unpaired) electrons. The molecule has 2 aromatic rings. The van der Waals surface area contributed by atoms with Crippen molar-refractivity contribution >= 4 is 29.2 Å². The molecular formula is C22H20N2O6. The van der Waals surface area contributed by atoms with Gasteiger partial charge in [0.2, 0.25) is 5.91 Å². The first-order chi connectivity index (χ1) is 14.4. The van der Waals surface area contributed by atoms with Crippen LogP contribution in [0.5, 0.6) is 5.75 Å². The Labute approximate surface area is 172 Å². The molecule has 2 heterocycles. The third kappa shape index (κ3) is 3.42. The second kappa shape index (κ2) is 7.64. The quantitative estimate of drug-likeness (QED) is 0.655. The van der Waals surface area contributed by atoms with Gasteiger partial charge in [-0.2, -0.15) is 0 Å². The van der Waals surface area contributed by atoms with Gasteiger partial charge in [-0.05, 0) is 48.7 Å². The molecule has 2 amide bonds. The SMILES string of the molecule is C[C@@H](O)[C@H]1C(=O)N2C(C(=O)O)=C(c3ccc(OC(=O)Nc4ccccc4)cc3)C[C@H]12. The molecule has 154 valence electrons. The number of carboxylic acids is 1. The monoisotopic (exact) mass is 408 g/mol. The van der Waals surface area contributed by atoms with Gasteiger partial charge in [0.05, 0.1) is 18.1 Å². The molecule has 30 heavy (non-hydrogen) atoms. The summed E-state index contributed by atoms with van der Waals surface area (Å²) < 4.78 is 5.25. The van der Waals surface area contributed by atoms with E-state index < -0.39 is 24.1 Å². The Morgan fingerprint density at radius 3 is 2.40 bits per heavy atom. The minimum atomic E-state index is -1.19. The highest BCUT2D eigenvalue weighted by molar-refractivity contribution is 6.06. The Balaban J connectivity index is 1.50. The highest BCUT2D eigenvalue weighted by atomic mass is 16.6. The Kier molecular flexibility index (Phi) is 5.01. The zero-order valence-electron chi connectivity index (χ0n) is 16.1. The molecule has 8 nitrogen and oxygen atoms in total. The smallest absolute Gasteiger partial charge is 0.417 e. The third-order valence-corrected chi connectivity index (χ3v) is 5.36. The number of nitrogens with zero attached hydrogens (tertiary/aromatic N) is 1. The lowest BCUT2D eigenvalue weighted by atomic mass is 9.82. The van der Waals surface area contributed by atoms with E-state index in [-0.39, 0.29) is 17.6 Å². The highest BCUT2D eigenvalue weighted by Crippen LogP contribution is 2.47. The molecule has 4 rings (SSSR count). The van der Waals surface area contributed by atoms with E-state index in [4.69, 9.17) is 4.74 Å². The first kappa shape index (κ1) is 19.7. The van der Waals surface area contributed by atoms with Crippen LogP contribution in [0.3, 0.4) is 0 Å². The van der Waals surface area contributed by atoms with Gasteiger partial charge in [-0.1, -0.05) is 30.3 Å². The van der Waals surface area contributed by atoms with Crippen LogP contribution in [-0.4, -0.2) is 45.2 Å². The molecule has 8 heteroatoms. The molecule has 0 saturated carbocycles. The largest absolute Gasteiger partial charge is 0.477 e. The predicted octanol–water partition coefficient (Wildman–Crippen LogP) is 2.70. The van der Waals surface area contributed by atoms with Gasteiger partial charge in [0, 0.05) is 5.69 Å². The standard InChI is InChI=1S/C22H20N2O6/c1-12(25)18-17-11-16(19(21(27)28)24(17)20(18)26)13-7-9-15(10-8-13)30-22(29)23-14-5-3-2-4-6-14/h2-10,12,17-18,25H,11H2,1H3,(H,23,29)(H,27,28)/t12-,17-,18-/m1/s1. The lowest BCUT2D eigenvalue weighted by Gasteiger charge is -2.44. The first-order valence-corrected chi connectivity index (χ1v) is 9.48. The number of aliphatic hydroxyl groups is 1. The lowest BCUT2D eigenvalue weighted by Crippen LogP contribution is -2.61. The van der Waals surface area contributed by atoms with Crippen molar-refractivity contribution in [3.05, 3.63) is 65.9 Å². The van der Waals surface area contributed by atoms with E-state index in [0.29, 0.717) is 29.0 Å². The number of aliphatic hydroxyl groups excluding tert-OH is 1. The Bertz CT molecular complexity index is 1030. The molecule has 2 aliphatic heterocycles. The number of carboxylic acid groups (broad SMARTS) is 1. The van der Waals surface area contributed by atoms with Crippen molar-refractivity contribution in [3.63, 3.8) is 0 Å². The van der Waals surface area contributed by atoms with Gasteiger partial charge in [-0.25, -0.2) is 9.59 Å². The Morgan fingerprint density at radius 1 is 1.13 bits per heavy atom. The summed E-state index contributed by atoms with van der Waals surface area (Å²) in [5.74, 6) is -1.86. The summed E-state index contributed by atoms with van der Waals surface area (Å²) in [6.07, 6.45) is -1.14. The van der Waals surface area contributed by atoms with Crippen LogP contribution in [0.4, 0.5) is 10.5 Å². The second-order valence-corrected chi connectivity index (χ2v) is 7.28. The van der Waals surface area contributed by atoms with E-state index in [0.717, 1.165) is 0 Å². The molecule has 1 fully saturated rings. The van der Waals surface area contributed by atoms with Gasteiger partial charge >= 0.3 is 12.1 Å². The fourth-order valence-corrected chi connectivity index (χ4v) is 4.02. The molecule has 0 aliphatic carbocycles. The molecule has 2 aliphatic rings. The van der Waals surface area contributed by atoms with Gasteiger partial charge in [-0.15, -0.1) is 0 Å². The van der Waals surface area contributed by atoms with E-state index in [2.05, 4.69) is 5.32 Å². The van der Waals surface area contributed by atoms with E-state index >= 15 is 0 Å². The van der Waals surface area contributed by atoms with Crippen LogP contribution >= 0.6 is 0 Å². The van der Waals surface area contributed by atoms with E-state index in [1.54, 1.807) is 48.5 Å². The lowest BCUT2D eigenvalue weighted by molar-refractivity contribution is -0.161. The van der Waals surface area contributed by atoms with Crippen LogP contribution < -0.4 is 10.1 Å². The van der Waals surface area contributed by atoms with Gasteiger partial charge in [0.1, 0.15) is 11.4 Å². The Hall–Kier alpha value is -3.65. The number of carbonyl (C=O) groups is 3. The second-order valence-electron chi connectivity index (χ2n) is 7.28. The summed E-state index contributed by atoms with van der Waals surface area (Å²) >= 11 is 0. The van der Waals surface area contributed by atoms with Crippen molar-refractivity contribution < 1.29 is 29.3 Å². The van der Waals surface area contributed by atoms with Crippen molar-refractivity contribution in [1.82, 2.24) is 4.90 Å². The minimum absolute atomic E-state index is 0.0580. The Morgan fingerprint density at radius 2 is 1.80 bits per heavy atom. The number of fused-ring (bicyclic) bond motifs is 1. The average Bonchev–Trinajstić information content (AvgIpc) is 3.04. The summed E-state index contributed by atoms with van der Waals surface area (Å²) in [6, 6.07) is 14.9. The maximum Gasteiger partial charge on any atom is 0.417 e. The number of carbonyl (C=O) groups excluding carboxylic acids is 2. The summed E-state index contributed by atoms with van der Waals surface area (Å²) in [4.78, 5) is 37.4. The molecular weight excluding hydrogens is 388 g/mol. The topological polar surface area (TPSA) is 116 Å². The normalized spacial score (nSPS) is 21.0. The number of rotatable bonds is 5. The fourth-order valence-electron chi connectivity index (χ4n) is 4.02. The van der Waals surface area contributed by atoms with Crippen molar-refractivity contribution in [2.24, 2.45) is 5.92 Å². The summed E-state index contributed by atoms with van der Waals surface area (Å²) in [6.45, 7) is 1.53. The van der Waals surface area contributed by atoms with E-state index in [9.17, 15) is 24.6 Å². The van der Waals surface area contributed by atoms with Crippen LogP contribution in [0.25, 0.3) is 5.57 Å². The number of para-hydroxylation sites is 1. The number of benzene rings is 2. The van der Waals surface area contributed by atoms with E-state index in [1.807, 2.05) is 6.07 Å². The molecule has 3 atom stereocenters. The van der Waals surface area contributed by atoms with Crippen molar-refractivity contribution in [2.75, 3.05) is 5.32 Å². The molecule has 0 aromatic heterocycles. The van der Waals surface area contributed by atoms with Crippen molar-refractivity contribution in [1.29, 1.82) is 0 Å². The van der Waals surface area contributed by atoms with E-state index in [1.165, 1.54) is 11.8 Å². The molecule has 3 N–H and O–H groups in total. The number of anilines is 1. The zero-order chi connectivity index (χ0) is 21.4. The number of hydrogen-bond acceptors (Lipinski definition) is 5. The zero-order valence-corrected chi connectivity index (χ0v) is 16.1. The van der Waals surface area contributed by atoms with Crippen molar-refractivity contribution in [2.45, 2.75) is 25.5 Å². The minimum Gasteiger partial charge on any atom is -0.477 e. The number of amides is 2. The number of β-lactam (4-membered cyclic amide) rings is 1. The summed E-state index contributed by atoms with van der Waals surface area (Å²) in [5.41, 5.74) is 1.68. The average molecular weight is 408 g/mol. The number of hydrogen-bond donors (Lipinski definition) is 3. The maximum absolute atomic E-state index is 12.3. The van der Waals surface area contributed by atoms with Gasteiger partial charge < -0.3 is 19.8 Å². The summed E-state index contributed by atoms with van der Waals surface area (Å²) in [7, 11) is 0. The highest BCUT2D eigenvalue weighted by Gasteiger charge is 2.56. The maximum atomic E-state index is 12.3. The number of nitrogens with one attached hydrogen (secondary N) is 1. The van der Waals surface area contributed by atoms with Crippen LogP contribution in [-0.2, 0) is 9.59 Å². The molecule has 0 bridgehead atoms. The van der Waals surface area contributed by atoms with Crippen LogP contribution in [0, 0.1) is 5.92 Å². The van der Waals surface area contributed by atoms with Crippen LogP contribution in [0.2, 0.25) is 0 Å². The molecule has 0 unspecified atom stereocenters. The van der Waals surface area contributed by atoms with Gasteiger partial charge in [-0.3, -0.25) is 10.1 Å². The first-order valence-electron chi connectivity index (χ1n) is 9.48. The third-order valence-electron chi connectivity index (χ3n) is 5.36. The number of ether oxygens (including phenoxy) is 1. The number of aliphatic carboxylic acids is 1. The predicted molar refractivity (Wildman–Crippen MR) is 108 cm³/mol. The molecule has 0 spiro atoms. The van der Waals surface area contributed by atoms with Gasteiger partial charge in [0.25, 0.3) is 0 Å². The molecule has 2 aromatic carbocycles.